The minimum Gasteiger partial charge on any atom is -0.459 e. The van der Waals surface area contributed by atoms with E-state index in [1.54, 1.807) is 21.9 Å². The Morgan fingerprint density at radius 3 is 2.27 bits per heavy atom. The Hall–Kier alpha value is -4.54. The molecule has 1 fully saturated rings. The number of anilines is 2. The third kappa shape index (κ3) is 5.70. The van der Waals surface area contributed by atoms with Crippen molar-refractivity contribution in [2.45, 2.75) is 38.9 Å². The molecular formula is C33H33F3N4O4. The van der Waals surface area contributed by atoms with Gasteiger partial charge in [0.2, 0.25) is 5.91 Å². The second-order valence-electron chi connectivity index (χ2n) is 12.3. The summed E-state index contributed by atoms with van der Waals surface area (Å²) >= 11 is 0. The molecule has 3 aliphatic rings. The number of halogens is 3. The molecule has 1 atom stereocenters. The Morgan fingerprint density at radius 2 is 1.61 bits per heavy atom. The van der Waals surface area contributed by atoms with Crippen molar-refractivity contribution in [3.05, 3.63) is 95.1 Å². The van der Waals surface area contributed by atoms with Crippen LogP contribution in [0.2, 0.25) is 0 Å². The molecule has 2 aliphatic heterocycles. The summed E-state index contributed by atoms with van der Waals surface area (Å²) in [6.07, 6.45) is -2.24. The zero-order chi connectivity index (χ0) is 31.2. The van der Waals surface area contributed by atoms with Crippen molar-refractivity contribution in [3.63, 3.8) is 0 Å². The predicted molar refractivity (Wildman–Crippen MR) is 158 cm³/mol. The molecule has 6 rings (SSSR count). The van der Waals surface area contributed by atoms with E-state index in [1.165, 1.54) is 18.4 Å². The van der Waals surface area contributed by atoms with Crippen LogP contribution in [0.3, 0.4) is 0 Å². The number of para-hydroxylation sites is 2. The number of benzene rings is 2. The zero-order valence-electron chi connectivity index (χ0n) is 24.5. The molecule has 0 spiro atoms. The monoisotopic (exact) mass is 606 g/mol. The molecule has 0 radical (unpaired) electrons. The highest BCUT2D eigenvalue weighted by Crippen LogP contribution is 2.48. The molecule has 1 unspecified atom stereocenters. The van der Waals surface area contributed by atoms with Gasteiger partial charge >= 0.3 is 6.18 Å². The summed E-state index contributed by atoms with van der Waals surface area (Å²) in [6.45, 7) is 5.18. The number of furan rings is 1. The van der Waals surface area contributed by atoms with Gasteiger partial charge in [-0.25, -0.2) is 0 Å². The maximum absolute atomic E-state index is 13.9. The second-order valence-corrected chi connectivity index (χ2v) is 12.3. The van der Waals surface area contributed by atoms with Crippen LogP contribution in [0.15, 0.2) is 82.6 Å². The summed E-state index contributed by atoms with van der Waals surface area (Å²) in [5, 5.41) is 3.46. The number of fused-ring (bicyclic) bond motifs is 1. The Labute approximate surface area is 253 Å². The SMILES string of the molecule is CC1(C)CC(=O)C2=C(C1)Nc1ccccc1N(CC(=O)N1CCN(C(=O)c3ccco3)CC1)C2c1ccc(C(F)(F)F)cc1. The standard InChI is InChI=1S/C33H33F3N4O4/c1-32(2)18-24-29(26(41)19-32)30(21-9-11-22(12-10-21)33(34,35)36)40(25-7-4-3-6-23(25)37-24)20-28(42)38-13-15-39(16-14-38)31(43)27-8-5-17-44-27/h3-12,17,30,37H,13-16,18-20H2,1-2H3. The van der Waals surface area contributed by atoms with E-state index in [2.05, 4.69) is 5.32 Å². The van der Waals surface area contributed by atoms with E-state index in [1.807, 2.05) is 43.0 Å². The van der Waals surface area contributed by atoms with Crippen molar-refractivity contribution in [2.24, 2.45) is 5.41 Å². The van der Waals surface area contributed by atoms with Crippen LogP contribution in [0.4, 0.5) is 24.5 Å². The quantitative estimate of drug-likeness (QED) is 0.398. The normalized spacial score (nSPS) is 20.1. The number of rotatable bonds is 4. The highest BCUT2D eigenvalue weighted by molar-refractivity contribution is 6.02. The van der Waals surface area contributed by atoms with Gasteiger partial charge in [-0.1, -0.05) is 38.1 Å². The molecule has 2 aromatic carbocycles. The number of alkyl halides is 3. The van der Waals surface area contributed by atoms with Crippen LogP contribution in [0.1, 0.15) is 54.4 Å². The number of allylic oxidation sites excluding steroid dienone is 1. The lowest BCUT2D eigenvalue weighted by Crippen LogP contribution is -2.53. The van der Waals surface area contributed by atoms with Gasteiger partial charge in [0.05, 0.1) is 35.8 Å². The summed E-state index contributed by atoms with van der Waals surface area (Å²) in [5.41, 5.74) is 1.92. The van der Waals surface area contributed by atoms with E-state index in [9.17, 15) is 27.6 Å². The van der Waals surface area contributed by atoms with Crippen LogP contribution in [0.5, 0.6) is 0 Å². The molecule has 1 aromatic heterocycles. The number of hydrogen-bond donors (Lipinski definition) is 1. The van der Waals surface area contributed by atoms with Gasteiger partial charge in [-0.05, 0) is 53.8 Å². The number of nitrogens with zero attached hydrogens (tertiary/aromatic N) is 3. The largest absolute Gasteiger partial charge is 0.459 e. The Bertz CT molecular complexity index is 1600. The Balaban J connectivity index is 1.35. The van der Waals surface area contributed by atoms with Gasteiger partial charge in [-0.2, -0.15) is 13.2 Å². The summed E-state index contributed by atoms with van der Waals surface area (Å²) in [6, 6.07) is 14.7. The average molecular weight is 607 g/mol. The Morgan fingerprint density at radius 1 is 0.932 bits per heavy atom. The van der Waals surface area contributed by atoms with E-state index in [0.29, 0.717) is 60.8 Å². The van der Waals surface area contributed by atoms with Crippen molar-refractivity contribution in [1.82, 2.24) is 9.80 Å². The number of amides is 2. The molecule has 2 amide bonds. The van der Waals surface area contributed by atoms with Gasteiger partial charge in [0.15, 0.2) is 11.5 Å². The average Bonchev–Trinajstić information content (AvgIpc) is 3.48. The summed E-state index contributed by atoms with van der Waals surface area (Å²) in [5.74, 6) is -0.323. The molecule has 8 nitrogen and oxygen atoms in total. The number of hydrogen-bond acceptors (Lipinski definition) is 6. The van der Waals surface area contributed by atoms with Gasteiger partial charge in [0.1, 0.15) is 0 Å². The van der Waals surface area contributed by atoms with Crippen LogP contribution in [-0.4, -0.2) is 60.1 Å². The van der Waals surface area contributed by atoms with E-state index >= 15 is 0 Å². The van der Waals surface area contributed by atoms with Gasteiger partial charge in [0, 0.05) is 43.9 Å². The summed E-state index contributed by atoms with van der Waals surface area (Å²) < 4.78 is 45.7. The molecule has 1 N–H and O–H groups in total. The third-order valence-electron chi connectivity index (χ3n) is 8.52. The second kappa shape index (κ2) is 11.2. The molecule has 11 heteroatoms. The smallest absolute Gasteiger partial charge is 0.416 e. The van der Waals surface area contributed by atoms with Crippen LogP contribution in [0, 0.1) is 5.41 Å². The number of carbonyl (C=O) groups is 3. The van der Waals surface area contributed by atoms with Crippen molar-refractivity contribution in [1.29, 1.82) is 0 Å². The maximum Gasteiger partial charge on any atom is 0.416 e. The number of carbonyl (C=O) groups excluding carboxylic acids is 3. The highest BCUT2D eigenvalue weighted by atomic mass is 19.4. The number of Topliss-reactive ketones (excluding diaryl/α,β-unsaturated/α-hetero) is 1. The minimum absolute atomic E-state index is 0.107. The third-order valence-corrected chi connectivity index (χ3v) is 8.52. The van der Waals surface area contributed by atoms with Crippen molar-refractivity contribution in [3.8, 4) is 0 Å². The van der Waals surface area contributed by atoms with Gasteiger partial charge in [-0.15, -0.1) is 0 Å². The highest BCUT2D eigenvalue weighted by Gasteiger charge is 2.42. The number of piperazine rings is 1. The van der Waals surface area contributed by atoms with Crippen LogP contribution in [0.25, 0.3) is 0 Å². The fourth-order valence-corrected chi connectivity index (χ4v) is 6.39. The van der Waals surface area contributed by atoms with E-state index in [4.69, 9.17) is 4.42 Å². The molecular weight excluding hydrogens is 573 g/mol. The summed E-state index contributed by atoms with van der Waals surface area (Å²) in [4.78, 5) is 45.6. The van der Waals surface area contributed by atoms with Crippen LogP contribution in [-0.2, 0) is 15.8 Å². The van der Waals surface area contributed by atoms with Crippen molar-refractivity contribution < 1.29 is 32.0 Å². The molecule has 230 valence electrons. The number of nitrogens with one attached hydrogen (secondary N) is 1. The maximum atomic E-state index is 13.9. The van der Waals surface area contributed by atoms with Crippen LogP contribution < -0.4 is 10.2 Å². The van der Waals surface area contributed by atoms with Gasteiger partial charge in [0.25, 0.3) is 5.91 Å². The van der Waals surface area contributed by atoms with Gasteiger partial charge in [-0.3, -0.25) is 14.4 Å². The lowest BCUT2D eigenvalue weighted by molar-refractivity contribution is -0.137. The molecule has 0 bridgehead atoms. The van der Waals surface area contributed by atoms with E-state index < -0.39 is 17.8 Å². The van der Waals surface area contributed by atoms with Gasteiger partial charge < -0.3 is 24.4 Å². The topological polar surface area (TPSA) is 86.1 Å². The first-order valence-corrected chi connectivity index (χ1v) is 14.6. The number of ketones is 1. The molecule has 1 saturated heterocycles. The van der Waals surface area contributed by atoms with Crippen LogP contribution >= 0.6 is 0 Å². The van der Waals surface area contributed by atoms with E-state index in [0.717, 1.165) is 12.1 Å². The first-order valence-electron chi connectivity index (χ1n) is 14.6. The first-order chi connectivity index (χ1) is 20.9. The predicted octanol–water partition coefficient (Wildman–Crippen LogP) is 5.90. The van der Waals surface area contributed by atoms with Crippen molar-refractivity contribution >= 4 is 29.0 Å². The fraction of sp³-hybridized carbons (Fsp3) is 0.364. The van der Waals surface area contributed by atoms with E-state index in [-0.39, 0.29) is 41.7 Å². The molecule has 3 aromatic rings. The molecule has 0 saturated carbocycles. The molecule has 3 heterocycles. The lowest BCUT2D eigenvalue weighted by Gasteiger charge is -2.39. The molecule has 44 heavy (non-hydrogen) atoms. The Kier molecular flexibility index (Phi) is 7.51. The zero-order valence-corrected chi connectivity index (χ0v) is 24.5. The summed E-state index contributed by atoms with van der Waals surface area (Å²) in [7, 11) is 0. The fourth-order valence-electron chi connectivity index (χ4n) is 6.39. The van der Waals surface area contributed by atoms with Crippen molar-refractivity contribution in [2.75, 3.05) is 42.9 Å². The lowest BCUT2D eigenvalue weighted by atomic mass is 9.73. The minimum atomic E-state index is -4.51. The molecule has 1 aliphatic carbocycles. The first kappa shape index (κ1) is 29.5.